The lowest BCUT2D eigenvalue weighted by atomic mass is 9.83. The van der Waals surface area contributed by atoms with E-state index in [4.69, 9.17) is 9.47 Å². The maximum Gasteiger partial charge on any atom is 0.162 e. The molecule has 6 rings (SSSR count). The third-order valence-corrected chi connectivity index (χ3v) is 6.90. The van der Waals surface area contributed by atoms with Crippen molar-refractivity contribution < 1.29 is 9.47 Å². The molecule has 0 amide bonds. The minimum absolute atomic E-state index is 0.0299. The van der Waals surface area contributed by atoms with E-state index in [2.05, 4.69) is 89.2 Å². The second kappa shape index (κ2) is 9.32. The topological polar surface area (TPSA) is 46.3 Å². The molecule has 0 aliphatic carbocycles. The highest BCUT2D eigenvalue weighted by Gasteiger charge is 2.32. The van der Waals surface area contributed by atoms with Crippen molar-refractivity contribution in [2.45, 2.75) is 18.6 Å². The van der Waals surface area contributed by atoms with Crippen LogP contribution in [0.25, 0.3) is 10.9 Å². The Morgan fingerprint density at radius 2 is 1.51 bits per heavy atom. The fourth-order valence-corrected chi connectivity index (χ4v) is 5.20. The van der Waals surface area contributed by atoms with Gasteiger partial charge in [-0.05, 0) is 40.5 Å². The monoisotopic (exact) mass is 460 g/mol. The third kappa shape index (κ3) is 4.07. The van der Waals surface area contributed by atoms with E-state index in [9.17, 15) is 0 Å². The zero-order valence-corrected chi connectivity index (χ0v) is 19.7. The van der Waals surface area contributed by atoms with Gasteiger partial charge >= 0.3 is 0 Å². The molecule has 0 fully saturated rings. The van der Waals surface area contributed by atoms with E-state index >= 15 is 0 Å². The molecular formula is C31H28N2O2. The normalized spacial score (nSPS) is 17.2. The zero-order valence-electron chi connectivity index (χ0n) is 19.7. The Kier molecular flexibility index (Phi) is 5.73. The van der Waals surface area contributed by atoms with Gasteiger partial charge in [0.15, 0.2) is 11.5 Å². The summed E-state index contributed by atoms with van der Waals surface area (Å²) in [4.78, 5) is 3.74. The SMILES string of the molecule is COc1ccc([C@H]2NC[C@@H](c3ccccc3)c3c2[nH]c2ccccc32)cc1OCc1ccccc1. The summed E-state index contributed by atoms with van der Waals surface area (Å²) in [5.41, 5.74) is 7.35. The molecule has 5 aromatic rings. The number of hydrogen-bond acceptors (Lipinski definition) is 3. The lowest BCUT2D eigenvalue weighted by Gasteiger charge is -2.31. The van der Waals surface area contributed by atoms with Gasteiger partial charge in [-0.25, -0.2) is 0 Å². The van der Waals surface area contributed by atoms with Crippen molar-refractivity contribution in [1.29, 1.82) is 0 Å². The Morgan fingerprint density at radius 1 is 0.771 bits per heavy atom. The first-order valence-corrected chi connectivity index (χ1v) is 12.1. The van der Waals surface area contributed by atoms with Crippen LogP contribution in [0.3, 0.4) is 0 Å². The number of H-pyrrole nitrogens is 1. The summed E-state index contributed by atoms with van der Waals surface area (Å²) in [6.45, 7) is 1.35. The predicted molar refractivity (Wildman–Crippen MR) is 140 cm³/mol. The number of rotatable bonds is 6. The number of hydrogen-bond donors (Lipinski definition) is 2. The number of para-hydroxylation sites is 1. The number of ether oxygens (including phenoxy) is 2. The van der Waals surface area contributed by atoms with Gasteiger partial charge in [-0.2, -0.15) is 0 Å². The van der Waals surface area contributed by atoms with Crippen molar-refractivity contribution in [3.05, 3.63) is 131 Å². The molecule has 174 valence electrons. The van der Waals surface area contributed by atoms with Crippen LogP contribution in [-0.2, 0) is 6.61 Å². The molecule has 0 saturated carbocycles. The van der Waals surface area contributed by atoms with Gasteiger partial charge < -0.3 is 19.8 Å². The van der Waals surface area contributed by atoms with Crippen molar-refractivity contribution in [2.24, 2.45) is 0 Å². The molecule has 35 heavy (non-hydrogen) atoms. The minimum Gasteiger partial charge on any atom is -0.493 e. The van der Waals surface area contributed by atoms with E-state index in [-0.39, 0.29) is 12.0 Å². The summed E-state index contributed by atoms with van der Waals surface area (Å²) in [6, 6.07) is 35.8. The highest BCUT2D eigenvalue weighted by Crippen LogP contribution is 2.42. The highest BCUT2D eigenvalue weighted by atomic mass is 16.5. The molecule has 2 atom stereocenters. The number of aromatic nitrogens is 1. The Labute approximate surface area is 205 Å². The molecule has 0 bridgehead atoms. The molecule has 2 N–H and O–H groups in total. The zero-order chi connectivity index (χ0) is 23.6. The van der Waals surface area contributed by atoms with Crippen LogP contribution >= 0.6 is 0 Å². The molecule has 0 radical (unpaired) electrons. The van der Waals surface area contributed by atoms with Crippen molar-refractivity contribution in [1.82, 2.24) is 10.3 Å². The van der Waals surface area contributed by atoms with Gasteiger partial charge in [0.05, 0.1) is 13.2 Å². The molecule has 4 aromatic carbocycles. The average Bonchev–Trinajstić information content (AvgIpc) is 3.32. The van der Waals surface area contributed by atoms with Crippen molar-refractivity contribution in [3.63, 3.8) is 0 Å². The molecule has 4 nitrogen and oxygen atoms in total. The maximum absolute atomic E-state index is 6.22. The number of benzene rings is 4. The van der Waals surface area contributed by atoms with Crippen molar-refractivity contribution >= 4 is 10.9 Å². The van der Waals surface area contributed by atoms with Gasteiger partial charge in [-0.15, -0.1) is 0 Å². The lowest BCUT2D eigenvalue weighted by Crippen LogP contribution is -2.34. The molecule has 4 heteroatoms. The quantitative estimate of drug-likeness (QED) is 0.301. The molecule has 2 heterocycles. The van der Waals surface area contributed by atoms with Crippen molar-refractivity contribution in [2.75, 3.05) is 13.7 Å². The molecule has 0 spiro atoms. The Hall–Kier alpha value is -4.02. The number of aromatic amines is 1. The summed E-state index contributed by atoms with van der Waals surface area (Å²) < 4.78 is 11.8. The second-order valence-corrected chi connectivity index (χ2v) is 8.99. The van der Waals surface area contributed by atoms with Gasteiger partial charge in [0.25, 0.3) is 0 Å². The van der Waals surface area contributed by atoms with Gasteiger partial charge in [0.1, 0.15) is 6.61 Å². The van der Waals surface area contributed by atoms with E-state index in [0.29, 0.717) is 6.61 Å². The largest absolute Gasteiger partial charge is 0.493 e. The summed E-state index contributed by atoms with van der Waals surface area (Å²) in [6.07, 6.45) is 0. The standard InChI is InChI=1S/C31H28N2O2/c1-34-27-17-16-23(18-28(27)35-20-21-10-4-2-5-11-21)30-31-29(24-14-8-9-15-26(24)33-31)25(19-32-30)22-12-6-3-7-13-22/h2-18,25,30,32-33H,19-20H2,1H3/t25-,30+/m0/s1. The minimum atomic E-state index is 0.0299. The Morgan fingerprint density at radius 3 is 2.31 bits per heavy atom. The summed E-state index contributed by atoms with van der Waals surface area (Å²) in [7, 11) is 1.68. The molecule has 0 saturated heterocycles. The van der Waals surface area contributed by atoms with E-state index < -0.39 is 0 Å². The smallest absolute Gasteiger partial charge is 0.162 e. The molecule has 1 aliphatic rings. The van der Waals surface area contributed by atoms with E-state index in [1.165, 1.54) is 27.7 Å². The first-order chi connectivity index (χ1) is 17.3. The summed E-state index contributed by atoms with van der Waals surface area (Å²) >= 11 is 0. The number of nitrogens with one attached hydrogen (secondary N) is 2. The third-order valence-electron chi connectivity index (χ3n) is 6.90. The fourth-order valence-electron chi connectivity index (χ4n) is 5.20. The van der Waals surface area contributed by atoms with Crippen molar-refractivity contribution in [3.8, 4) is 11.5 Å². The van der Waals surface area contributed by atoms with Gasteiger partial charge in [-0.3, -0.25) is 0 Å². The average molecular weight is 461 g/mol. The van der Waals surface area contributed by atoms with E-state index in [1.54, 1.807) is 7.11 Å². The van der Waals surface area contributed by atoms with E-state index in [0.717, 1.165) is 29.2 Å². The van der Waals surface area contributed by atoms with Crippen LogP contribution in [0.1, 0.15) is 39.9 Å². The van der Waals surface area contributed by atoms with Crippen LogP contribution in [0.15, 0.2) is 103 Å². The Bertz CT molecular complexity index is 1440. The number of methoxy groups -OCH3 is 1. The fraction of sp³-hybridized carbons (Fsp3) is 0.161. The second-order valence-electron chi connectivity index (χ2n) is 8.99. The maximum atomic E-state index is 6.22. The van der Waals surface area contributed by atoms with E-state index in [1.807, 2.05) is 24.3 Å². The number of fused-ring (bicyclic) bond motifs is 3. The van der Waals surface area contributed by atoms with Crippen LogP contribution in [0.5, 0.6) is 11.5 Å². The van der Waals surface area contributed by atoms with Crippen LogP contribution in [0.2, 0.25) is 0 Å². The first kappa shape index (κ1) is 21.5. The van der Waals surface area contributed by atoms with Crippen LogP contribution in [-0.4, -0.2) is 18.6 Å². The predicted octanol–water partition coefficient (Wildman–Crippen LogP) is 6.58. The van der Waals surface area contributed by atoms with Gasteiger partial charge in [0, 0.05) is 29.1 Å². The molecule has 0 unspecified atom stereocenters. The van der Waals surface area contributed by atoms with Gasteiger partial charge in [0.2, 0.25) is 0 Å². The first-order valence-electron chi connectivity index (χ1n) is 12.1. The lowest BCUT2D eigenvalue weighted by molar-refractivity contribution is 0.284. The molecule has 1 aromatic heterocycles. The highest BCUT2D eigenvalue weighted by molar-refractivity contribution is 5.86. The summed E-state index contributed by atoms with van der Waals surface area (Å²) in [5.74, 6) is 1.77. The van der Waals surface area contributed by atoms with Gasteiger partial charge in [-0.1, -0.05) is 84.9 Å². The van der Waals surface area contributed by atoms with Crippen LogP contribution in [0.4, 0.5) is 0 Å². The molecule has 1 aliphatic heterocycles. The van der Waals surface area contributed by atoms with Crippen LogP contribution in [0, 0.1) is 0 Å². The Balaban J connectivity index is 1.40. The summed E-state index contributed by atoms with van der Waals surface area (Å²) in [5, 5.41) is 5.10. The van der Waals surface area contributed by atoms with Crippen LogP contribution < -0.4 is 14.8 Å². The molecular weight excluding hydrogens is 432 g/mol.